The number of aliphatic hydroxyl groups is 2. The van der Waals surface area contributed by atoms with Gasteiger partial charge in [-0.25, -0.2) is 4.79 Å². The van der Waals surface area contributed by atoms with Gasteiger partial charge >= 0.3 is 23.9 Å². The van der Waals surface area contributed by atoms with Crippen LogP contribution in [0, 0.1) is 0 Å². The minimum atomic E-state index is -1.91. The first-order chi connectivity index (χ1) is 39.6. The zero-order valence-electron chi connectivity index (χ0n) is 51.0. The third-order valence-corrected chi connectivity index (χ3v) is 14.2. The van der Waals surface area contributed by atoms with Gasteiger partial charge in [-0.15, -0.1) is 0 Å². The van der Waals surface area contributed by atoms with Crippen molar-refractivity contribution in [3.63, 3.8) is 0 Å². The summed E-state index contributed by atoms with van der Waals surface area (Å²) >= 11 is 0. The van der Waals surface area contributed by atoms with Crippen LogP contribution in [-0.2, 0) is 42.9 Å². The van der Waals surface area contributed by atoms with E-state index in [1.807, 2.05) is 0 Å². The summed E-state index contributed by atoms with van der Waals surface area (Å²) in [7, 11) is 0. The van der Waals surface area contributed by atoms with Crippen molar-refractivity contribution in [2.45, 2.75) is 302 Å². The summed E-state index contributed by atoms with van der Waals surface area (Å²) in [6.45, 7) is 5.76. The number of ether oxygens (including phenoxy) is 5. The number of aliphatic carboxylic acids is 1. The molecule has 1 heterocycles. The molecule has 1 fully saturated rings. The molecule has 462 valence electrons. The molecular weight excluding hydrogens is 1020 g/mol. The van der Waals surface area contributed by atoms with Crippen molar-refractivity contribution in [3.05, 3.63) is 97.2 Å². The number of aliphatic hydroxyl groups excluding tert-OH is 2. The monoisotopic (exact) mass is 1130 g/mol. The Kier molecular flexibility index (Phi) is 51.7. The van der Waals surface area contributed by atoms with Gasteiger partial charge in [-0.1, -0.05) is 246 Å². The maximum atomic E-state index is 13.2. The fourth-order valence-electron chi connectivity index (χ4n) is 9.29. The summed E-state index contributed by atoms with van der Waals surface area (Å²) in [5.41, 5.74) is 0. The smallest absolute Gasteiger partial charge is 0.335 e. The number of carbonyl (C=O) groups is 4. The summed E-state index contributed by atoms with van der Waals surface area (Å²) in [5, 5.41) is 31.6. The SMILES string of the molecule is CC/C=C\C/C=C\C/C=C\C/C=C\CCCCCCCCC(=O)OCC(COC1OC(C(=O)O)C(O)C(O)C1OC(=O)CCCCCCCCCCCCCCC)OC(=O)CCCCCCCC/C=C\C/C=C\C/C=C\C/C=C\CC. The zero-order chi connectivity index (χ0) is 58.9. The molecule has 12 nitrogen and oxygen atoms in total. The molecule has 0 spiro atoms. The average Bonchev–Trinajstić information content (AvgIpc) is 3.46. The highest BCUT2D eigenvalue weighted by atomic mass is 16.7. The van der Waals surface area contributed by atoms with Crippen molar-refractivity contribution in [2.24, 2.45) is 0 Å². The lowest BCUT2D eigenvalue weighted by atomic mass is 9.98. The molecule has 0 aromatic heterocycles. The number of carboxylic acids is 1. The average molecular weight is 1140 g/mol. The minimum absolute atomic E-state index is 0.0566. The predicted molar refractivity (Wildman–Crippen MR) is 331 cm³/mol. The molecule has 6 atom stereocenters. The lowest BCUT2D eigenvalue weighted by Crippen LogP contribution is -2.61. The van der Waals surface area contributed by atoms with Crippen LogP contribution < -0.4 is 0 Å². The molecule has 0 aliphatic carbocycles. The van der Waals surface area contributed by atoms with E-state index in [9.17, 15) is 34.5 Å². The van der Waals surface area contributed by atoms with Gasteiger partial charge in [0, 0.05) is 19.3 Å². The van der Waals surface area contributed by atoms with Gasteiger partial charge in [0.1, 0.15) is 18.8 Å². The minimum Gasteiger partial charge on any atom is -0.479 e. The van der Waals surface area contributed by atoms with Crippen LogP contribution in [0.4, 0.5) is 0 Å². The summed E-state index contributed by atoms with van der Waals surface area (Å²) < 4.78 is 28.5. The van der Waals surface area contributed by atoms with Gasteiger partial charge < -0.3 is 39.0 Å². The number of rotatable bonds is 54. The zero-order valence-corrected chi connectivity index (χ0v) is 51.0. The van der Waals surface area contributed by atoms with Crippen LogP contribution in [-0.4, -0.2) is 89.2 Å². The summed E-state index contributed by atoms with van der Waals surface area (Å²) in [5.74, 6) is -3.15. The van der Waals surface area contributed by atoms with Crippen LogP contribution >= 0.6 is 0 Å². The number of carbonyl (C=O) groups excluding carboxylic acids is 3. The van der Waals surface area contributed by atoms with Gasteiger partial charge in [0.2, 0.25) is 0 Å². The Bertz CT molecular complexity index is 1780. The Morgan fingerprint density at radius 3 is 1.19 bits per heavy atom. The molecule has 12 heteroatoms. The van der Waals surface area contributed by atoms with Crippen molar-refractivity contribution >= 4 is 23.9 Å². The number of hydrogen-bond donors (Lipinski definition) is 3. The summed E-state index contributed by atoms with van der Waals surface area (Å²) in [6.07, 6.45) is 62.2. The second-order valence-corrected chi connectivity index (χ2v) is 21.6. The second kappa shape index (κ2) is 56.1. The molecule has 0 radical (unpaired) electrons. The summed E-state index contributed by atoms with van der Waals surface area (Å²) in [6, 6.07) is 0. The van der Waals surface area contributed by atoms with Crippen LogP contribution in [0.15, 0.2) is 97.2 Å². The van der Waals surface area contributed by atoms with Crippen LogP contribution in [0.5, 0.6) is 0 Å². The number of esters is 3. The van der Waals surface area contributed by atoms with Gasteiger partial charge in [-0.3, -0.25) is 14.4 Å². The molecule has 1 aliphatic heterocycles. The van der Waals surface area contributed by atoms with Crippen LogP contribution in [0.3, 0.4) is 0 Å². The van der Waals surface area contributed by atoms with E-state index in [0.717, 1.165) is 154 Å². The molecule has 1 rings (SSSR count). The highest BCUT2D eigenvalue weighted by Gasteiger charge is 2.50. The Morgan fingerprint density at radius 2 is 0.778 bits per heavy atom. The molecule has 0 bridgehead atoms. The third-order valence-electron chi connectivity index (χ3n) is 14.2. The number of unbranched alkanes of at least 4 members (excludes halogenated alkanes) is 24. The molecule has 0 amide bonds. The van der Waals surface area contributed by atoms with Gasteiger partial charge in [-0.2, -0.15) is 0 Å². The van der Waals surface area contributed by atoms with E-state index in [1.54, 1.807) is 0 Å². The highest BCUT2D eigenvalue weighted by molar-refractivity contribution is 5.74. The first-order valence-corrected chi connectivity index (χ1v) is 32.2. The van der Waals surface area contributed by atoms with Crippen molar-refractivity contribution < 1.29 is 58.2 Å². The first kappa shape index (κ1) is 74.7. The Labute approximate surface area is 492 Å². The summed E-state index contributed by atoms with van der Waals surface area (Å²) in [4.78, 5) is 51.3. The van der Waals surface area contributed by atoms with E-state index < -0.39 is 67.3 Å². The third kappa shape index (κ3) is 45.8. The predicted octanol–water partition coefficient (Wildman–Crippen LogP) is 17.2. The lowest BCUT2D eigenvalue weighted by Gasteiger charge is -2.40. The molecule has 81 heavy (non-hydrogen) atoms. The van der Waals surface area contributed by atoms with Gasteiger partial charge in [0.05, 0.1) is 6.61 Å². The fraction of sp³-hybridized carbons (Fsp3) is 0.710. The van der Waals surface area contributed by atoms with E-state index in [2.05, 4.69) is 118 Å². The standard InChI is InChI=1S/C69H114O12/c1-4-7-10-13-16-19-22-25-27-29-31-33-35-38-40-43-46-49-52-55-61(70)77-58-60(79-62(71)56-53-50-47-44-42-39-36-34-32-30-28-26-23-20-17-14-11-8-5-2)59-78-69-67(65(74)64(73)66(81-69)68(75)76)80-63(72)57-54-51-48-45-41-37-24-21-18-15-12-9-6-3/h7-8,10-11,16-17,19-20,25-28,31-34,60,64-67,69,73-74H,4-6,9,12-15,18,21-24,29-30,35-59H2,1-3H3,(H,75,76)/b10-7-,11-8-,19-16-,20-17-,27-25-,28-26-,33-31-,34-32-. The quantitative estimate of drug-likeness (QED) is 0.0228. The van der Waals surface area contributed by atoms with E-state index in [-0.39, 0.29) is 25.9 Å². The maximum Gasteiger partial charge on any atom is 0.335 e. The van der Waals surface area contributed by atoms with Crippen LogP contribution in [0.1, 0.15) is 265 Å². The Hall–Kier alpha value is -4.36. The molecule has 0 aromatic carbocycles. The number of hydrogen-bond acceptors (Lipinski definition) is 11. The van der Waals surface area contributed by atoms with E-state index in [1.165, 1.54) is 51.4 Å². The van der Waals surface area contributed by atoms with E-state index >= 15 is 0 Å². The Balaban J connectivity index is 2.68. The molecule has 0 saturated carbocycles. The second-order valence-electron chi connectivity index (χ2n) is 21.6. The van der Waals surface area contributed by atoms with Gasteiger partial charge in [0.15, 0.2) is 24.6 Å². The topological polar surface area (TPSA) is 175 Å². The highest BCUT2D eigenvalue weighted by Crippen LogP contribution is 2.27. The molecule has 1 saturated heterocycles. The first-order valence-electron chi connectivity index (χ1n) is 32.2. The van der Waals surface area contributed by atoms with Crippen molar-refractivity contribution in [2.75, 3.05) is 13.2 Å². The molecule has 1 aliphatic rings. The normalized spacial score (nSPS) is 18.4. The van der Waals surface area contributed by atoms with E-state index in [0.29, 0.717) is 19.3 Å². The van der Waals surface area contributed by atoms with Crippen molar-refractivity contribution in [1.29, 1.82) is 0 Å². The largest absolute Gasteiger partial charge is 0.479 e. The van der Waals surface area contributed by atoms with Crippen molar-refractivity contribution in [1.82, 2.24) is 0 Å². The maximum absolute atomic E-state index is 13.2. The number of allylic oxidation sites excluding steroid dienone is 16. The van der Waals surface area contributed by atoms with E-state index in [4.69, 9.17) is 23.7 Å². The molecule has 6 unspecified atom stereocenters. The lowest BCUT2D eigenvalue weighted by molar-refractivity contribution is -0.301. The van der Waals surface area contributed by atoms with Gasteiger partial charge in [-0.05, 0) is 96.3 Å². The molecular formula is C69H114O12. The van der Waals surface area contributed by atoms with Crippen LogP contribution in [0.2, 0.25) is 0 Å². The van der Waals surface area contributed by atoms with Gasteiger partial charge in [0.25, 0.3) is 0 Å². The Morgan fingerprint density at radius 1 is 0.420 bits per heavy atom. The van der Waals surface area contributed by atoms with Crippen molar-refractivity contribution in [3.8, 4) is 0 Å². The molecule has 0 aromatic rings. The fourth-order valence-corrected chi connectivity index (χ4v) is 9.29. The molecule has 3 N–H and O–H groups in total. The van der Waals surface area contributed by atoms with Crippen LogP contribution in [0.25, 0.3) is 0 Å². The number of carboxylic acid groups (broad SMARTS) is 1.